The van der Waals surface area contributed by atoms with E-state index >= 15 is 0 Å². The van der Waals surface area contributed by atoms with Crippen LogP contribution < -0.4 is 5.32 Å². The lowest BCUT2D eigenvalue weighted by Crippen LogP contribution is -2.53. The lowest BCUT2D eigenvalue weighted by molar-refractivity contribution is -0.131. The fourth-order valence-electron chi connectivity index (χ4n) is 4.09. The number of carbonyl (C=O) groups is 2. The number of nitrogens with zero attached hydrogens (tertiary/aromatic N) is 3. The van der Waals surface area contributed by atoms with Crippen molar-refractivity contribution in [2.45, 2.75) is 26.3 Å². The number of likely N-dealkylation sites (tertiary alicyclic amines) is 1. The largest absolute Gasteiger partial charge is 0.359 e. The van der Waals surface area contributed by atoms with E-state index in [1.165, 1.54) is 5.39 Å². The number of fused-ring (bicyclic) bond motifs is 1. The quantitative estimate of drug-likeness (QED) is 0.847. The number of hydrogen-bond donors (Lipinski definition) is 2. The van der Waals surface area contributed by atoms with E-state index in [0.29, 0.717) is 26.2 Å². The van der Waals surface area contributed by atoms with Crippen molar-refractivity contribution >= 4 is 22.8 Å². The Bertz CT molecular complexity index is 848. The van der Waals surface area contributed by atoms with E-state index in [1.54, 1.807) is 0 Å². The summed E-state index contributed by atoms with van der Waals surface area (Å²) in [5.41, 5.74) is 3.35. The van der Waals surface area contributed by atoms with Crippen LogP contribution in [0.15, 0.2) is 24.3 Å². The summed E-state index contributed by atoms with van der Waals surface area (Å²) in [5, 5.41) is 4.19. The highest BCUT2D eigenvalue weighted by Crippen LogP contribution is 2.17. The van der Waals surface area contributed by atoms with Crippen LogP contribution in [-0.4, -0.2) is 77.4 Å². The first-order valence-corrected chi connectivity index (χ1v) is 10.2. The van der Waals surface area contributed by atoms with E-state index in [2.05, 4.69) is 33.4 Å². The predicted octanol–water partition coefficient (Wildman–Crippen LogP) is 1.93. The van der Waals surface area contributed by atoms with Crippen LogP contribution in [0.2, 0.25) is 0 Å². The highest BCUT2D eigenvalue weighted by molar-refractivity contribution is 5.81. The van der Waals surface area contributed by atoms with E-state index in [4.69, 9.17) is 0 Å². The van der Waals surface area contributed by atoms with Crippen LogP contribution in [0.25, 0.3) is 10.9 Å². The molecule has 0 spiro atoms. The van der Waals surface area contributed by atoms with Gasteiger partial charge in [0.05, 0.1) is 6.54 Å². The molecule has 0 atom stereocenters. The highest BCUT2D eigenvalue weighted by Gasteiger charge is 2.25. The number of H-pyrrole nitrogens is 1. The maximum atomic E-state index is 12.5. The molecule has 2 saturated heterocycles. The molecule has 2 aliphatic heterocycles. The number of carbonyl (C=O) groups excluding carboxylic acids is 2. The molecule has 2 aromatic rings. The fraction of sp³-hybridized carbons (Fsp3) is 0.524. The summed E-state index contributed by atoms with van der Waals surface area (Å²) in [7, 11) is 0. The number of hydrogen-bond acceptors (Lipinski definition) is 3. The zero-order valence-corrected chi connectivity index (χ0v) is 16.5. The van der Waals surface area contributed by atoms with Gasteiger partial charge in [0.15, 0.2) is 0 Å². The van der Waals surface area contributed by atoms with Crippen LogP contribution in [0.5, 0.6) is 0 Å². The summed E-state index contributed by atoms with van der Waals surface area (Å²) >= 11 is 0. The zero-order chi connectivity index (χ0) is 19.5. The molecule has 150 valence electrons. The summed E-state index contributed by atoms with van der Waals surface area (Å²) in [6.45, 7) is 7.66. The number of aryl methyl sites for hydroxylation is 1. The molecule has 4 rings (SSSR count). The van der Waals surface area contributed by atoms with Crippen molar-refractivity contribution in [2.24, 2.45) is 0 Å². The molecule has 0 aliphatic carbocycles. The number of urea groups is 1. The average Bonchev–Trinajstić information content (AvgIpc) is 3.35. The van der Waals surface area contributed by atoms with Crippen molar-refractivity contribution in [1.29, 1.82) is 0 Å². The van der Waals surface area contributed by atoms with Crippen molar-refractivity contribution in [3.63, 3.8) is 0 Å². The van der Waals surface area contributed by atoms with Crippen LogP contribution in [0.4, 0.5) is 4.79 Å². The molecule has 0 radical (unpaired) electrons. The van der Waals surface area contributed by atoms with Crippen LogP contribution in [0.3, 0.4) is 0 Å². The maximum absolute atomic E-state index is 12.5. The topological polar surface area (TPSA) is 71.7 Å². The lowest BCUT2D eigenvalue weighted by Gasteiger charge is -2.35. The molecule has 2 aliphatic rings. The van der Waals surface area contributed by atoms with Crippen LogP contribution in [0.1, 0.15) is 24.1 Å². The number of aromatic amines is 1. The van der Waals surface area contributed by atoms with Crippen molar-refractivity contribution in [3.8, 4) is 0 Å². The molecule has 1 aromatic carbocycles. The van der Waals surface area contributed by atoms with Crippen LogP contribution in [-0.2, 0) is 11.3 Å². The van der Waals surface area contributed by atoms with Gasteiger partial charge in [-0.1, -0.05) is 6.07 Å². The molecule has 0 saturated carbocycles. The second-order valence-electron chi connectivity index (χ2n) is 7.88. The number of aromatic nitrogens is 1. The number of benzene rings is 1. The first kappa shape index (κ1) is 18.8. The van der Waals surface area contributed by atoms with Gasteiger partial charge in [-0.25, -0.2) is 4.79 Å². The number of nitrogens with one attached hydrogen (secondary N) is 2. The van der Waals surface area contributed by atoms with E-state index in [0.717, 1.165) is 55.8 Å². The molecule has 3 heterocycles. The Morgan fingerprint density at radius 1 is 1.00 bits per heavy atom. The highest BCUT2D eigenvalue weighted by atomic mass is 16.2. The first-order chi connectivity index (χ1) is 13.6. The molecule has 7 nitrogen and oxygen atoms in total. The third-order valence-corrected chi connectivity index (χ3v) is 5.74. The van der Waals surface area contributed by atoms with E-state index in [-0.39, 0.29) is 11.9 Å². The summed E-state index contributed by atoms with van der Waals surface area (Å²) in [4.78, 5) is 34.0. The number of rotatable bonds is 4. The predicted molar refractivity (Wildman–Crippen MR) is 109 cm³/mol. The molecule has 2 N–H and O–H groups in total. The Kier molecular flexibility index (Phi) is 5.52. The molecule has 28 heavy (non-hydrogen) atoms. The molecule has 7 heteroatoms. The zero-order valence-electron chi connectivity index (χ0n) is 16.5. The molecular formula is C21H29N5O2. The summed E-state index contributed by atoms with van der Waals surface area (Å²) in [5.74, 6) is 0.228. The number of amides is 3. The minimum Gasteiger partial charge on any atom is -0.359 e. The molecule has 2 fully saturated rings. The van der Waals surface area contributed by atoms with Gasteiger partial charge in [0.2, 0.25) is 5.91 Å². The van der Waals surface area contributed by atoms with Gasteiger partial charge < -0.3 is 20.1 Å². The Hall–Kier alpha value is -2.54. The lowest BCUT2D eigenvalue weighted by atomic mass is 10.1. The minimum atomic E-state index is -0.0316. The van der Waals surface area contributed by atoms with Crippen molar-refractivity contribution in [2.75, 3.05) is 45.8 Å². The molecule has 0 bridgehead atoms. The first-order valence-electron chi connectivity index (χ1n) is 10.2. The van der Waals surface area contributed by atoms with Gasteiger partial charge in [-0.15, -0.1) is 0 Å². The van der Waals surface area contributed by atoms with Crippen LogP contribution in [0, 0.1) is 6.92 Å². The normalized spacial score (nSPS) is 18.0. The second-order valence-corrected chi connectivity index (χ2v) is 7.88. The van der Waals surface area contributed by atoms with Gasteiger partial charge >= 0.3 is 6.03 Å². The molecular weight excluding hydrogens is 354 g/mol. The second kappa shape index (κ2) is 8.22. The van der Waals surface area contributed by atoms with E-state index in [9.17, 15) is 9.59 Å². The third kappa shape index (κ3) is 4.30. The third-order valence-electron chi connectivity index (χ3n) is 5.74. The molecule has 0 unspecified atom stereocenters. The Morgan fingerprint density at radius 2 is 1.75 bits per heavy atom. The summed E-state index contributed by atoms with van der Waals surface area (Å²) in [6.07, 6.45) is 2.24. The molecule has 3 amide bonds. The average molecular weight is 383 g/mol. The minimum absolute atomic E-state index is 0.0316. The van der Waals surface area contributed by atoms with E-state index in [1.807, 2.05) is 22.8 Å². The molecule has 1 aromatic heterocycles. The van der Waals surface area contributed by atoms with Gasteiger partial charge in [-0.05, 0) is 48.9 Å². The Labute approximate surface area is 165 Å². The maximum Gasteiger partial charge on any atom is 0.317 e. The smallest absolute Gasteiger partial charge is 0.317 e. The fourth-order valence-corrected chi connectivity index (χ4v) is 4.09. The summed E-state index contributed by atoms with van der Waals surface area (Å²) in [6, 6.07) is 8.29. The van der Waals surface area contributed by atoms with Gasteiger partial charge in [-0.2, -0.15) is 0 Å². The summed E-state index contributed by atoms with van der Waals surface area (Å²) < 4.78 is 0. The van der Waals surface area contributed by atoms with Gasteiger partial charge in [-0.3, -0.25) is 9.69 Å². The Balaban J connectivity index is 1.22. The van der Waals surface area contributed by atoms with Gasteiger partial charge in [0.1, 0.15) is 0 Å². The van der Waals surface area contributed by atoms with Crippen molar-refractivity contribution < 1.29 is 9.59 Å². The van der Waals surface area contributed by atoms with Crippen LogP contribution >= 0.6 is 0 Å². The van der Waals surface area contributed by atoms with Crippen molar-refractivity contribution in [1.82, 2.24) is 25.0 Å². The number of piperazine rings is 1. The van der Waals surface area contributed by atoms with Gasteiger partial charge in [0, 0.05) is 57.0 Å². The monoisotopic (exact) mass is 383 g/mol. The standard InChI is InChI=1S/C21H29N5O2/c1-16-12-18-13-17(4-5-19(18)23-16)14-22-21(28)26-10-8-24(9-11-26)15-20(27)25-6-2-3-7-25/h4-5,12-13,23H,2-3,6-11,14-15H2,1H3,(H,22,28). The Morgan fingerprint density at radius 3 is 2.50 bits per heavy atom. The van der Waals surface area contributed by atoms with E-state index < -0.39 is 0 Å². The van der Waals surface area contributed by atoms with Gasteiger partial charge in [0.25, 0.3) is 0 Å². The van der Waals surface area contributed by atoms with Crippen molar-refractivity contribution in [3.05, 3.63) is 35.5 Å². The SMILES string of the molecule is Cc1cc2cc(CNC(=O)N3CCN(CC(=O)N4CCCC4)CC3)ccc2[nH]1.